The Morgan fingerprint density at radius 2 is 1.83 bits per heavy atom. The number of aryl methyl sites for hydroxylation is 1. The Kier molecular flexibility index (Phi) is 17.2. The van der Waals surface area contributed by atoms with Crippen LogP contribution in [-0.4, -0.2) is 72.6 Å². The molecule has 1 aromatic heterocycles. The van der Waals surface area contributed by atoms with E-state index < -0.39 is 22.7 Å². The summed E-state index contributed by atoms with van der Waals surface area (Å²) < 4.78 is 56.1. The summed E-state index contributed by atoms with van der Waals surface area (Å²) in [4.78, 5) is 21.8. The third kappa shape index (κ3) is 14.4. The van der Waals surface area contributed by atoms with Crippen LogP contribution in [0.25, 0.3) is 0 Å². The molecule has 1 atom stereocenters. The maximum atomic E-state index is 12.9. The molecular weight excluding hydrogens is 569 g/mol. The van der Waals surface area contributed by atoms with Crippen LogP contribution in [0.3, 0.4) is 0 Å². The van der Waals surface area contributed by atoms with Crippen molar-refractivity contribution >= 4 is 28.5 Å². The molecule has 1 unspecified atom stereocenters. The van der Waals surface area contributed by atoms with E-state index in [9.17, 15) is 22.2 Å². The smallest absolute Gasteiger partial charge is 0.419 e. The maximum Gasteiger partial charge on any atom is 0.419 e. The minimum Gasteiger partial charge on any atom is -0.495 e. The molecule has 1 aromatic carbocycles. The molecule has 0 aliphatic heterocycles. The van der Waals surface area contributed by atoms with E-state index in [2.05, 4.69) is 32.2 Å². The number of likely N-dealkylation sites (N-methyl/N-ethyl adjacent to an activating group) is 1. The number of amides is 1. The number of benzene rings is 1. The summed E-state index contributed by atoms with van der Waals surface area (Å²) >= 11 is 0. The Labute approximate surface area is 251 Å². The van der Waals surface area contributed by atoms with Crippen molar-refractivity contribution in [2.24, 2.45) is 5.92 Å². The third-order valence-electron chi connectivity index (χ3n) is 6.55. The van der Waals surface area contributed by atoms with Crippen LogP contribution in [-0.2, 0) is 17.2 Å². The van der Waals surface area contributed by atoms with Crippen LogP contribution in [0.15, 0.2) is 24.4 Å². The molecule has 3 N–H and O–H groups in total. The van der Waals surface area contributed by atoms with Crippen molar-refractivity contribution in [3.8, 4) is 5.75 Å². The van der Waals surface area contributed by atoms with E-state index in [1.807, 2.05) is 19.0 Å². The molecule has 9 nitrogen and oxygen atoms in total. The van der Waals surface area contributed by atoms with Gasteiger partial charge in [-0.2, -0.15) is 13.2 Å². The van der Waals surface area contributed by atoms with E-state index in [4.69, 9.17) is 4.74 Å². The van der Waals surface area contributed by atoms with Gasteiger partial charge in [0.1, 0.15) is 5.75 Å². The minimum absolute atomic E-state index is 0.0334. The standard InChI is InChI=1S/C18H22F3N5O2.C9H18.C2H7NOS/c1-11-13(18(19,20)21)10-23-17(24-11)25-14-9-12(5-6-15(14)28-4)16(27)22-7-8-26(2)3;1-2-6-9-7-4-3-5-8-9;1-3-5(2)4/h5-6,9-10H,7-8H2,1-4H3,(H,22,27)(H,23,24,25);9H,2-8H2,1H3;3H,1-2H3. The lowest BCUT2D eigenvalue weighted by Crippen LogP contribution is -2.31. The SMILES string of the molecule is CCCC1CCCCC1.CNS(C)=O.COc1ccc(C(=O)NCCN(C)C)cc1Nc1ncc(C(F)(F)F)c(C)n1. The second-order valence-corrected chi connectivity index (χ2v) is 11.6. The molecule has 2 aromatic rings. The van der Waals surface area contributed by atoms with E-state index in [1.165, 1.54) is 65.0 Å². The zero-order chi connectivity index (χ0) is 31.7. The quantitative estimate of drug-likeness (QED) is 0.314. The molecule has 0 spiro atoms. The van der Waals surface area contributed by atoms with Crippen LogP contribution in [0.5, 0.6) is 5.75 Å². The predicted octanol–water partition coefficient (Wildman–Crippen LogP) is 5.71. The van der Waals surface area contributed by atoms with Gasteiger partial charge >= 0.3 is 6.18 Å². The average molecular weight is 617 g/mol. The zero-order valence-electron chi connectivity index (χ0n) is 25.9. The first-order chi connectivity index (χ1) is 19.8. The number of hydrogen-bond acceptors (Lipinski definition) is 7. The number of methoxy groups -OCH3 is 1. The Morgan fingerprint density at radius 3 is 2.33 bits per heavy atom. The number of rotatable bonds is 10. The number of carbonyl (C=O) groups is 1. The molecule has 0 radical (unpaired) electrons. The van der Waals surface area contributed by atoms with Gasteiger partial charge in [0.05, 0.1) is 35.0 Å². The van der Waals surface area contributed by atoms with Crippen molar-refractivity contribution < 1.29 is 26.9 Å². The molecule has 1 heterocycles. The van der Waals surface area contributed by atoms with Crippen molar-refractivity contribution in [2.45, 2.75) is 65.0 Å². The summed E-state index contributed by atoms with van der Waals surface area (Å²) in [6.45, 7) is 4.71. The lowest BCUT2D eigenvalue weighted by Gasteiger charge is -2.20. The third-order valence-corrected chi connectivity index (χ3v) is 7.12. The molecule has 0 bridgehead atoms. The summed E-state index contributed by atoms with van der Waals surface area (Å²) in [7, 11) is 6.06. The highest BCUT2D eigenvalue weighted by atomic mass is 32.2. The molecule has 1 aliphatic rings. The van der Waals surface area contributed by atoms with Gasteiger partial charge in [0.15, 0.2) is 0 Å². The van der Waals surface area contributed by atoms with Crippen LogP contribution < -0.4 is 20.1 Å². The number of halogens is 3. The van der Waals surface area contributed by atoms with Crippen LogP contribution in [0, 0.1) is 12.8 Å². The van der Waals surface area contributed by atoms with Crippen molar-refractivity contribution in [3.05, 3.63) is 41.2 Å². The molecule has 1 saturated carbocycles. The molecule has 1 fully saturated rings. The number of carbonyl (C=O) groups excluding carboxylic acids is 1. The second kappa shape index (κ2) is 19.4. The summed E-state index contributed by atoms with van der Waals surface area (Å²) in [5.74, 6) is 1.18. The van der Waals surface area contributed by atoms with Gasteiger partial charge < -0.3 is 20.3 Å². The molecule has 42 heavy (non-hydrogen) atoms. The number of aromatic nitrogens is 2. The minimum atomic E-state index is -4.52. The van der Waals surface area contributed by atoms with E-state index in [1.54, 1.807) is 25.4 Å². The van der Waals surface area contributed by atoms with E-state index >= 15 is 0 Å². The van der Waals surface area contributed by atoms with Crippen molar-refractivity contribution in [1.82, 2.24) is 24.9 Å². The lowest BCUT2D eigenvalue weighted by atomic mass is 9.86. The highest BCUT2D eigenvalue weighted by Crippen LogP contribution is 2.32. The molecule has 1 aliphatic carbocycles. The first kappa shape index (κ1) is 37.3. The first-order valence-electron chi connectivity index (χ1n) is 14.1. The number of nitrogens with zero attached hydrogens (tertiary/aromatic N) is 3. The Hall–Kier alpha value is -2.77. The van der Waals surface area contributed by atoms with Gasteiger partial charge in [0.25, 0.3) is 5.91 Å². The first-order valence-corrected chi connectivity index (χ1v) is 15.7. The Morgan fingerprint density at radius 1 is 1.19 bits per heavy atom. The largest absolute Gasteiger partial charge is 0.495 e. The van der Waals surface area contributed by atoms with Crippen LogP contribution in [0.4, 0.5) is 24.8 Å². The highest BCUT2D eigenvalue weighted by molar-refractivity contribution is 7.82. The molecule has 238 valence electrons. The van der Waals surface area contributed by atoms with Gasteiger partial charge in [0.2, 0.25) is 5.95 Å². The van der Waals surface area contributed by atoms with Gasteiger partial charge in [-0.3, -0.25) is 4.79 Å². The molecule has 1 amide bonds. The van der Waals surface area contributed by atoms with Crippen LogP contribution >= 0.6 is 0 Å². The fraction of sp³-hybridized carbons (Fsp3) is 0.621. The van der Waals surface area contributed by atoms with Gasteiger partial charge in [-0.1, -0.05) is 51.9 Å². The molecule has 0 saturated heterocycles. The maximum absolute atomic E-state index is 12.9. The Balaban J connectivity index is 0.000000515. The van der Waals surface area contributed by atoms with Gasteiger partial charge in [0, 0.05) is 31.1 Å². The van der Waals surface area contributed by atoms with Crippen molar-refractivity contribution in [2.75, 3.05) is 52.9 Å². The fourth-order valence-corrected chi connectivity index (χ4v) is 4.25. The number of anilines is 2. The number of ether oxygens (including phenoxy) is 1. The summed E-state index contributed by atoms with van der Waals surface area (Å²) in [5.41, 5.74) is -0.381. The van der Waals surface area contributed by atoms with Gasteiger partial charge in [-0.15, -0.1) is 0 Å². The summed E-state index contributed by atoms with van der Waals surface area (Å²) in [5, 5.41) is 5.60. The zero-order valence-corrected chi connectivity index (χ0v) is 26.7. The monoisotopic (exact) mass is 616 g/mol. The number of nitrogens with one attached hydrogen (secondary N) is 3. The molecule has 13 heteroatoms. The van der Waals surface area contributed by atoms with Crippen molar-refractivity contribution in [1.29, 1.82) is 0 Å². The lowest BCUT2D eigenvalue weighted by molar-refractivity contribution is -0.138. The summed E-state index contributed by atoms with van der Waals surface area (Å²) in [6, 6.07) is 4.70. The number of hydrogen-bond donors (Lipinski definition) is 3. The highest BCUT2D eigenvalue weighted by Gasteiger charge is 2.33. The van der Waals surface area contributed by atoms with Crippen molar-refractivity contribution in [3.63, 3.8) is 0 Å². The Bertz CT molecular complexity index is 1110. The van der Waals surface area contributed by atoms with E-state index in [0.29, 0.717) is 30.1 Å². The van der Waals surface area contributed by atoms with Crippen LogP contribution in [0.1, 0.15) is 73.5 Å². The average Bonchev–Trinajstić information content (AvgIpc) is 2.93. The fourth-order valence-electron chi connectivity index (χ4n) is 4.25. The van der Waals surface area contributed by atoms with Crippen LogP contribution in [0.2, 0.25) is 0 Å². The van der Waals surface area contributed by atoms with E-state index in [-0.39, 0.29) is 17.5 Å². The normalized spacial score (nSPS) is 14.2. The predicted molar refractivity (Wildman–Crippen MR) is 164 cm³/mol. The van der Waals surface area contributed by atoms with Gasteiger partial charge in [-0.25, -0.2) is 18.9 Å². The second-order valence-electron chi connectivity index (χ2n) is 10.2. The topological polar surface area (TPSA) is 108 Å². The summed E-state index contributed by atoms with van der Waals surface area (Å²) in [6.07, 6.45) is 8.21. The molecule has 3 rings (SSSR count). The molecular formula is C29H47F3N6O3S. The number of alkyl halides is 3. The van der Waals surface area contributed by atoms with Gasteiger partial charge in [-0.05, 0) is 52.2 Å². The van der Waals surface area contributed by atoms with E-state index in [0.717, 1.165) is 12.1 Å².